The van der Waals surface area contributed by atoms with Crippen LogP contribution < -0.4 is 15.4 Å². The molecule has 3 heterocycles. The fraction of sp³-hybridized carbons (Fsp3) is 0.500. The Labute approximate surface area is 211 Å². The van der Waals surface area contributed by atoms with Gasteiger partial charge in [0.05, 0.1) is 24.9 Å². The Kier molecular flexibility index (Phi) is 9.91. The summed E-state index contributed by atoms with van der Waals surface area (Å²) in [4.78, 5) is 2.50. The summed E-state index contributed by atoms with van der Waals surface area (Å²) in [5.41, 5.74) is 2.19. The van der Waals surface area contributed by atoms with Crippen molar-refractivity contribution >= 4 is 33.6 Å². The molecule has 1 aromatic heterocycles. The molecule has 0 radical (unpaired) electrons. The van der Waals surface area contributed by atoms with Crippen LogP contribution in [0.1, 0.15) is 36.8 Å². The molecule has 2 aliphatic rings. The molecule has 0 amide bonds. The fourth-order valence-corrected chi connectivity index (χ4v) is 5.65. The minimum Gasteiger partial charge on any atom is -0.494 e. The molecule has 9 nitrogen and oxygen atoms in total. The minimum absolute atomic E-state index is 0.439. The predicted molar refractivity (Wildman–Crippen MR) is 140 cm³/mol. The number of furan rings is 1. The number of hydrogen-bond donors (Lipinski definition) is 2. The largest absolute Gasteiger partial charge is 0.494 e. The topological polar surface area (TPSA) is 109 Å². The smallest absolute Gasteiger partial charge is 0.269 e. The standard InChI is InChI=1S/C24H33N5O4S2/c30-34(19-21-8-14-32-18-21)15-10-26-24-23(27-35(31)28-24)25-9-5-13-33-22-7-4-6-20(16-22)17-29-11-2-1-3-12-29/h4,6-8,14,16,18H,1-3,5,9-13,15,17,19H2,(H,25,27)(H,26,28). The molecule has 35 heavy (non-hydrogen) atoms. The first-order valence-electron chi connectivity index (χ1n) is 12.0. The summed E-state index contributed by atoms with van der Waals surface area (Å²) >= 11 is -1.64. The first-order chi connectivity index (χ1) is 17.2. The van der Waals surface area contributed by atoms with Crippen LogP contribution in [-0.2, 0) is 34.3 Å². The van der Waals surface area contributed by atoms with Crippen LogP contribution in [0.5, 0.6) is 5.75 Å². The second-order valence-corrected chi connectivity index (χ2v) is 11.0. The van der Waals surface area contributed by atoms with Gasteiger partial charge in [-0.15, -0.1) is 8.80 Å². The van der Waals surface area contributed by atoms with E-state index in [4.69, 9.17) is 9.15 Å². The van der Waals surface area contributed by atoms with E-state index < -0.39 is 22.0 Å². The summed E-state index contributed by atoms with van der Waals surface area (Å²) in [6.07, 6.45) is 7.84. The lowest BCUT2D eigenvalue weighted by Crippen LogP contribution is -2.40. The molecule has 190 valence electrons. The van der Waals surface area contributed by atoms with Crippen LogP contribution in [0.3, 0.4) is 0 Å². The van der Waals surface area contributed by atoms with Gasteiger partial charge in [0, 0.05) is 41.8 Å². The molecular weight excluding hydrogens is 486 g/mol. The zero-order valence-electron chi connectivity index (χ0n) is 19.8. The van der Waals surface area contributed by atoms with E-state index in [2.05, 4.69) is 36.5 Å². The Bertz CT molecular complexity index is 1050. The average molecular weight is 520 g/mol. The lowest BCUT2D eigenvalue weighted by molar-refractivity contribution is 0.220. The van der Waals surface area contributed by atoms with Crippen LogP contribution in [0, 0.1) is 0 Å². The highest BCUT2D eigenvalue weighted by Gasteiger charge is 2.18. The molecule has 1 fully saturated rings. The Morgan fingerprint density at radius 1 is 1.06 bits per heavy atom. The van der Waals surface area contributed by atoms with Gasteiger partial charge in [0.25, 0.3) is 11.2 Å². The van der Waals surface area contributed by atoms with Gasteiger partial charge in [-0.25, -0.2) is 4.21 Å². The molecule has 2 atom stereocenters. The van der Waals surface area contributed by atoms with Gasteiger partial charge in [-0.3, -0.25) is 9.11 Å². The molecule has 4 rings (SSSR count). The Morgan fingerprint density at radius 2 is 1.86 bits per heavy atom. The minimum atomic E-state index is -1.64. The summed E-state index contributed by atoms with van der Waals surface area (Å²) in [5.74, 6) is 2.67. The van der Waals surface area contributed by atoms with E-state index in [1.165, 1.54) is 37.9 Å². The van der Waals surface area contributed by atoms with Crippen LogP contribution in [0.25, 0.3) is 0 Å². The molecule has 2 aromatic rings. The molecule has 2 unspecified atom stereocenters. The van der Waals surface area contributed by atoms with Crippen molar-refractivity contribution < 1.29 is 17.6 Å². The van der Waals surface area contributed by atoms with E-state index in [-0.39, 0.29) is 0 Å². The molecular formula is C24H33N5O4S2. The molecule has 1 saturated heterocycles. The zero-order chi connectivity index (χ0) is 24.3. The number of benzene rings is 1. The van der Waals surface area contributed by atoms with Gasteiger partial charge in [0.1, 0.15) is 5.75 Å². The van der Waals surface area contributed by atoms with Gasteiger partial charge in [-0.2, -0.15) is 0 Å². The van der Waals surface area contributed by atoms with Crippen molar-refractivity contribution in [2.24, 2.45) is 8.80 Å². The van der Waals surface area contributed by atoms with E-state index in [9.17, 15) is 8.42 Å². The lowest BCUT2D eigenvalue weighted by Gasteiger charge is -2.26. The number of nitrogens with zero attached hydrogens (tertiary/aromatic N) is 3. The third-order valence-corrected chi connectivity index (χ3v) is 7.72. The lowest BCUT2D eigenvalue weighted by atomic mass is 10.1. The fourth-order valence-electron chi connectivity index (χ4n) is 3.99. The number of hydrogen-bond acceptors (Lipinski definition) is 7. The van der Waals surface area contributed by atoms with E-state index in [1.54, 1.807) is 18.6 Å². The van der Waals surface area contributed by atoms with Crippen LogP contribution in [0.2, 0.25) is 0 Å². The zero-order valence-corrected chi connectivity index (χ0v) is 21.5. The van der Waals surface area contributed by atoms with Crippen LogP contribution >= 0.6 is 0 Å². The van der Waals surface area contributed by atoms with Crippen molar-refractivity contribution in [3.63, 3.8) is 0 Å². The van der Waals surface area contributed by atoms with Gasteiger partial charge in [-0.1, -0.05) is 18.6 Å². The number of rotatable bonds is 12. The normalized spacial score (nSPS) is 19.1. The molecule has 0 aliphatic carbocycles. The summed E-state index contributed by atoms with van der Waals surface area (Å²) < 4.78 is 42.9. The van der Waals surface area contributed by atoms with Crippen LogP contribution in [0.15, 0.2) is 56.1 Å². The summed E-state index contributed by atoms with van der Waals surface area (Å²) in [6, 6.07) is 10.1. The molecule has 1 aromatic carbocycles. The van der Waals surface area contributed by atoms with Crippen LogP contribution in [0.4, 0.5) is 0 Å². The molecule has 11 heteroatoms. The number of ether oxygens (including phenoxy) is 1. The van der Waals surface area contributed by atoms with Crippen molar-refractivity contribution in [3.8, 4) is 5.75 Å². The maximum atomic E-state index is 12.2. The van der Waals surface area contributed by atoms with Gasteiger partial charge < -0.3 is 19.8 Å². The number of likely N-dealkylation sites (tertiary alicyclic amines) is 1. The molecule has 0 spiro atoms. The number of amidine groups is 2. The van der Waals surface area contributed by atoms with Gasteiger partial charge in [0.2, 0.25) is 0 Å². The van der Waals surface area contributed by atoms with Crippen molar-refractivity contribution in [1.29, 1.82) is 0 Å². The van der Waals surface area contributed by atoms with Gasteiger partial charge in [-0.05, 0) is 56.1 Å². The van der Waals surface area contributed by atoms with Crippen molar-refractivity contribution in [2.75, 3.05) is 38.5 Å². The van der Waals surface area contributed by atoms with E-state index in [0.717, 1.165) is 24.3 Å². The summed E-state index contributed by atoms with van der Waals surface area (Å²) in [6.45, 7) is 4.93. The highest BCUT2D eigenvalue weighted by molar-refractivity contribution is 7.84. The Hall–Kier alpha value is -2.50. The van der Waals surface area contributed by atoms with Crippen molar-refractivity contribution in [2.45, 2.75) is 38.0 Å². The molecule has 2 aliphatic heterocycles. The highest BCUT2D eigenvalue weighted by Crippen LogP contribution is 2.17. The van der Waals surface area contributed by atoms with Crippen LogP contribution in [-0.4, -0.2) is 63.5 Å². The first kappa shape index (κ1) is 25.6. The summed E-state index contributed by atoms with van der Waals surface area (Å²) in [5, 5.41) is 6.27. The maximum Gasteiger partial charge on any atom is 0.269 e. The third kappa shape index (κ3) is 8.59. The monoisotopic (exact) mass is 519 g/mol. The maximum absolute atomic E-state index is 12.2. The predicted octanol–water partition coefficient (Wildman–Crippen LogP) is 2.55. The quantitative estimate of drug-likeness (QED) is 0.415. The van der Waals surface area contributed by atoms with E-state index in [0.29, 0.717) is 42.9 Å². The van der Waals surface area contributed by atoms with Crippen molar-refractivity contribution in [1.82, 2.24) is 15.5 Å². The van der Waals surface area contributed by atoms with Gasteiger partial charge >= 0.3 is 0 Å². The second kappa shape index (κ2) is 13.6. The highest BCUT2D eigenvalue weighted by atomic mass is 32.2. The van der Waals surface area contributed by atoms with E-state index >= 15 is 0 Å². The molecule has 0 bridgehead atoms. The number of piperidine rings is 1. The second-order valence-electron chi connectivity index (χ2n) is 8.57. The molecule has 2 N–H and O–H groups in total. The van der Waals surface area contributed by atoms with E-state index in [1.807, 2.05) is 12.1 Å². The molecule has 0 saturated carbocycles. The van der Waals surface area contributed by atoms with Gasteiger partial charge in [0.15, 0.2) is 11.7 Å². The Balaban J connectivity index is 1.13. The third-order valence-electron chi connectivity index (χ3n) is 5.73. The average Bonchev–Trinajstić information content (AvgIpc) is 3.49. The number of nitrogens with one attached hydrogen (secondary N) is 2. The SMILES string of the molecule is O=S(CCNC1=NS(=O)N=C1NCCCOc1cccc(CN2CCCCC2)c1)Cc1ccoc1. The first-order valence-corrected chi connectivity index (χ1v) is 14.6. The summed E-state index contributed by atoms with van der Waals surface area (Å²) in [7, 11) is -1.03. The van der Waals surface area contributed by atoms with Crippen molar-refractivity contribution in [3.05, 3.63) is 54.0 Å². The Morgan fingerprint density at radius 3 is 2.63 bits per heavy atom.